The highest BCUT2D eigenvalue weighted by atomic mass is 16.5. The van der Waals surface area contributed by atoms with E-state index in [-0.39, 0.29) is 29.0 Å². The second-order valence-corrected chi connectivity index (χ2v) is 11.3. The first-order valence-electron chi connectivity index (χ1n) is 12.5. The Labute approximate surface area is 196 Å². The quantitative estimate of drug-likeness (QED) is 0.691. The number of ether oxygens (including phenoxy) is 1. The van der Waals surface area contributed by atoms with Crippen LogP contribution in [0.25, 0.3) is 0 Å². The number of carbonyl (C=O) groups is 3. The number of fused-ring (bicyclic) bond motifs is 5. The Morgan fingerprint density at radius 3 is 2.45 bits per heavy atom. The lowest BCUT2D eigenvalue weighted by Crippen LogP contribution is -2.56. The van der Waals surface area contributed by atoms with Gasteiger partial charge in [-0.3, -0.25) is 9.59 Å². The Kier molecular flexibility index (Phi) is 5.30. The molecule has 0 aromatic heterocycles. The second-order valence-electron chi connectivity index (χ2n) is 11.3. The van der Waals surface area contributed by atoms with Gasteiger partial charge in [-0.1, -0.05) is 49.8 Å². The van der Waals surface area contributed by atoms with E-state index in [4.69, 9.17) is 10.5 Å². The lowest BCUT2D eigenvalue weighted by molar-refractivity contribution is -0.137. The highest BCUT2D eigenvalue weighted by molar-refractivity contribution is 5.94. The van der Waals surface area contributed by atoms with E-state index in [0.717, 1.165) is 50.5 Å². The highest BCUT2D eigenvalue weighted by Crippen LogP contribution is 2.70. The van der Waals surface area contributed by atoms with Crippen molar-refractivity contribution in [1.29, 1.82) is 0 Å². The van der Waals surface area contributed by atoms with E-state index in [1.165, 1.54) is 5.57 Å². The Hall–Kier alpha value is -2.43. The number of Topliss-reactive ketones (excluding diaryl/α,β-unsaturated/α-hetero) is 1. The molecule has 0 heterocycles. The zero-order valence-corrected chi connectivity index (χ0v) is 19.8. The predicted molar refractivity (Wildman–Crippen MR) is 125 cm³/mol. The van der Waals surface area contributed by atoms with Crippen LogP contribution in [0.2, 0.25) is 0 Å². The molecule has 176 valence electrons. The van der Waals surface area contributed by atoms with Crippen molar-refractivity contribution < 1.29 is 19.1 Å². The maximum Gasteiger partial charge on any atom is 0.404 e. The molecule has 0 spiro atoms. The number of rotatable bonds is 4. The van der Waals surface area contributed by atoms with Gasteiger partial charge in [0.1, 0.15) is 0 Å². The molecular formula is C28H35NO4. The van der Waals surface area contributed by atoms with E-state index in [1.54, 1.807) is 0 Å². The van der Waals surface area contributed by atoms with Crippen LogP contribution >= 0.6 is 0 Å². The van der Waals surface area contributed by atoms with Crippen LogP contribution in [-0.4, -0.2) is 24.3 Å². The maximum atomic E-state index is 13.8. The summed E-state index contributed by atoms with van der Waals surface area (Å²) in [6.07, 6.45) is 8.56. The van der Waals surface area contributed by atoms with Crippen molar-refractivity contribution >= 4 is 17.7 Å². The summed E-state index contributed by atoms with van der Waals surface area (Å²) in [5.74, 6) is 1.80. The zero-order valence-electron chi connectivity index (χ0n) is 19.8. The summed E-state index contributed by atoms with van der Waals surface area (Å²) < 4.78 is 5.04. The van der Waals surface area contributed by atoms with Crippen molar-refractivity contribution in [3.8, 4) is 0 Å². The van der Waals surface area contributed by atoms with Crippen molar-refractivity contribution in [2.45, 2.75) is 70.6 Å². The second kappa shape index (κ2) is 7.82. The van der Waals surface area contributed by atoms with Gasteiger partial charge in [-0.15, -0.1) is 0 Å². The predicted octanol–water partition coefficient (Wildman–Crippen LogP) is 5.12. The molecule has 3 saturated carbocycles. The van der Waals surface area contributed by atoms with Gasteiger partial charge in [0, 0.05) is 6.42 Å². The van der Waals surface area contributed by atoms with Gasteiger partial charge < -0.3 is 10.5 Å². The number of amides is 1. The van der Waals surface area contributed by atoms with Gasteiger partial charge in [-0.2, -0.15) is 0 Å². The molecule has 5 rings (SSSR count). The third-order valence-electron chi connectivity index (χ3n) is 10.2. The molecule has 0 aliphatic heterocycles. The minimum absolute atomic E-state index is 0.0261. The van der Waals surface area contributed by atoms with Crippen LogP contribution in [0.3, 0.4) is 0 Å². The van der Waals surface area contributed by atoms with Crippen LogP contribution in [0.1, 0.15) is 70.8 Å². The lowest BCUT2D eigenvalue weighted by Gasteiger charge is -2.59. The molecule has 2 N–H and O–H groups in total. The van der Waals surface area contributed by atoms with Gasteiger partial charge in [0.05, 0.1) is 5.41 Å². The average Bonchev–Trinajstić information content (AvgIpc) is 3.12. The van der Waals surface area contributed by atoms with Gasteiger partial charge in [-0.25, -0.2) is 4.79 Å². The molecule has 5 nitrogen and oxygen atoms in total. The Bertz CT molecular complexity index is 1020. The van der Waals surface area contributed by atoms with Gasteiger partial charge in [-0.05, 0) is 85.2 Å². The molecule has 5 heteroatoms. The Morgan fingerprint density at radius 1 is 1.00 bits per heavy atom. The molecule has 3 fully saturated rings. The van der Waals surface area contributed by atoms with E-state index >= 15 is 0 Å². The molecule has 1 aromatic carbocycles. The molecule has 6 atom stereocenters. The number of carbonyl (C=O) groups excluding carboxylic acids is 3. The number of nitrogens with two attached hydrogens (primary N) is 1. The first kappa shape index (κ1) is 22.4. The average molecular weight is 450 g/mol. The van der Waals surface area contributed by atoms with Crippen LogP contribution in [0.5, 0.6) is 0 Å². The monoisotopic (exact) mass is 449 g/mol. The normalized spacial score (nSPS) is 39.6. The topological polar surface area (TPSA) is 86.5 Å². The molecule has 4 aliphatic carbocycles. The van der Waals surface area contributed by atoms with E-state index in [0.29, 0.717) is 24.2 Å². The summed E-state index contributed by atoms with van der Waals surface area (Å²) in [6.45, 7) is 4.43. The van der Waals surface area contributed by atoms with Gasteiger partial charge in [0.25, 0.3) is 0 Å². The van der Waals surface area contributed by atoms with Gasteiger partial charge in [0.15, 0.2) is 18.2 Å². The first-order valence-corrected chi connectivity index (χ1v) is 12.5. The smallest absolute Gasteiger partial charge is 0.404 e. The standard InChI is InChI=1S/C28H35NO4/c1-26-13-10-20(30)16-19(26)8-9-21-22(26)11-14-27(2)23(21)12-15-28(27,18-6-4-3-5-7-18)24(31)17-33-25(29)32/h3-7,16,21-23H,8-15,17H2,1-2H3,(H2,29,32)/t21-,22+,23+,26+,27+,28+/m1/s1. The van der Waals surface area contributed by atoms with Crippen molar-refractivity contribution in [2.24, 2.45) is 34.3 Å². The fourth-order valence-electron chi connectivity index (χ4n) is 8.67. The molecule has 4 aliphatic rings. The van der Waals surface area contributed by atoms with E-state index in [2.05, 4.69) is 26.0 Å². The number of ketones is 2. The zero-order chi connectivity index (χ0) is 23.4. The van der Waals surface area contributed by atoms with Crippen LogP contribution in [0.15, 0.2) is 42.0 Å². The minimum Gasteiger partial charge on any atom is -0.442 e. The SMILES string of the molecule is C[C@]12CCC(=O)C=C1CC[C@@H]1[C@@H]2CC[C@@]2(C)[C@H]1CC[C@@]2(C(=O)COC(N)=O)c1ccccc1. The Morgan fingerprint density at radius 2 is 1.73 bits per heavy atom. The summed E-state index contributed by atoms with van der Waals surface area (Å²) in [6, 6.07) is 10.1. The van der Waals surface area contributed by atoms with Crippen LogP contribution in [0, 0.1) is 28.6 Å². The summed E-state index contributed by atoms with van der Waals surface area (Å²) in [4.78, 5) is 37.3. The van der Waals surface area contributed by atoms with E-state index in [9.17, 15) is 14.4 Å². The summed E-state index contributed by atoms with van der Waals surface area (Å²) in [5, 5.41) is 0. The number of primary amides is 1. The van der Waals surface area contributed by atoms with Crippen molar-refractivity contribution in [2.75, 3.05) is 6.61 Å². The molecule has 1 amide bonds. The largest absolute Gasteiger partial charge is 0.442 e. The minimum atomic E-state index is -0.902. The molecule has 0 saturated heterocycles. The van der Waals surface area contributed by atoms with E-state index < -0.39 is 11.5 Å². The fourth-order valence-corrected chi connectivity index (χ4v) is 8.67. The van der Waals surface area contributed by atoms with Crippen LogP contribution in [0.4, 0.5) is 4.79 Å². The summed E-state index contributed by atoms with van der Waals surface area (Å²) >= 11 is 0. The van der Waals surface area contributed by atoms with Crippen LogP contribution < -0.4 is 5.73 Å². The third-order valence-corrected chi connectivity index (χ3v) is 10.2. The molecular weight excluding hydrogens is 414 g/mol. The molecule has 0 radical (unpaired) electrons. The molecule has 33 heavy (non-hydrogen) atoms. The lowest BCUT2D eigenvalue weighted by atomic mass is 9.44. The third kappa shape index (κ3) is 3.14. The maximum absolute atomic E-state index is 13.8. The Balaban J connectivity index is 1.54. The summed E-state index contributed by atoms with van der Waals surface area (Å²) in [5.41, 5.74) is 6.86. The van der Waals surface area contributed by atoms with E-state index in [1.807, 2.05) is 24.3 Å². The number of hydrogen-bond donors (Lipinski definition) is 1. The first-order chi connectivity index (χ1) is 15.7. The van der Waals surface area contributed by atoms with Crippen LogP contribution in [-0.2, 0) is 19.7 Å². The van der Waals surface area contributed by atoms with Crippen molar-refractivity contribution in [3.63, 3.8) is 0 Å². The molecule has 0 unspecified atom stereocenters. The number of hydrogen-bond acceptors (Lipinski definition) is 4. The molecule has 0 bridgehead atoms. The summed E-state index contributed by atoms with van der Waals surface area (Å²) in [7, 11) is 0. The van der Waals surface area contributed by atoms with Gasteiger partial charge >= 0.3 is 6.09 Å². The van der Waals surface area contributed by atoms with Crippen molar-refractivity contribution in [1.82, 2.24) is 0 Å². The molecule has 1 aromatic rings. The fraction of sp³-hybridized carbons (Fsp3) is 0.607. The number of allylic oxidation sites excluding steroid dienone is 1. The van der Waals surface area contributed by atoms with Gasteiger partial charge in [0.2, 0.25) is 0 Å². The van der Waals surface area contributed by atoms with Crippen molar-refractivity contribution in [3.05, 3.63) is 47.5 Å². The number of benzene rings is 1. The highest BCUT2D eigenvalue weighted by Gasteiger charge is 2.66.